The Hall–Kier alpha value is -2.98. The predicted molar refractivity (Wildman–Crippen MR) is 119 cm³/mol. The highest BCUT2D eigenvalue weighted by Crippen LogP contribution is 2.21. The first kappa shape index (κ1) is 22.7. The zero-order valence-corrected chi connectivity index (χ0v) is 18.7. The van der Waals surface area contributed by atoms with E-state index in [9.17, 15) is 18.0 Å². The van der Waals surface area contributed by atoms with Crippen molar-refractivity contribution in [1.82, 2.24) is 14.8 Å². The highest BCUT2D eigenvalue weighted by Gasteiger charge is 2.21. The van der Waals surface area contributed by atoms with Gasteiger partial charge < -0.3 is 9.88 Å². The Kier molecular flexibility index (Phi) is 7.24. The SMILES string of the molecule is CCn1c(CS(=O)(=O)c2ccccc2)nnc1SCC(=O)Nc1cccc(C(C)=O)c1. The van der Waals surface area contributed by atoms with Gasteiger partial charge in [-0.25, -0.2) is 8.42 Å². The summed E-state index contributed by atoms with van der Waals surface area (Å²) in [6, 6.07) is 14.9. The summed E-state index contributed by atoms with van der Waals surface area (Å²) in [4.78, 5) is 24.0. The van der Waals surface area contributed by atoms with Crippen molar-refractivity contribution < 1.29 is 18.0 Å². The Balaban J connectivity index is 1.66. The number of rotatable bonds is 9. The Morgan fingerprint density at radius 1 is 1.06 bits per heavy atom. The van der Waals surface area contributed by atoms with Crippen LogP contribution in [0.15, 0.2) is 64.6 Å². The number of carbonyl (C=O) groups excluding carboxylic acids is 2. The third-order valence-electron chi connectivity index (χ3n) is 4.42. The number of anilines is 1. The maximum absolute atomic E-state index is 12.6. The molecule has 0 spiro atoms. The van der Waals surface area contributed by atoms with Gasteiger partial charge in [0.05, 0.1) is 10.6 Å². The van der Waals surface area contributed by atoms with Gasteiger partial charge in [-0.05, 0) is 38.1 Å². The van der Waals surface area contributed by atoms with Gasteiger partial charge in [0.25, 0.3) is 0 Å². The largest absolute Gasteiger partial charge is 0.325 e. The van der Waals surface area contributed by atoms with E-state index in [1.807, 2.05) is 6.92 Å². The fourth-order valence-corrected chi connectivity index (χ4v) is 4.99. The van der Waals surface area contributed by atoms with Crippen molar-refractivity contribution in [2.45, 2.75) is 36.2 Å². The van der Waals surface area contributed by atoms with Gasteiger partial charge in [-0.2, -0.15) is 0 Å². The molecule has 0 radical (unpaired) electrons. The van der Waals surface area contributed by atoms with Crippen LogP contribution in [0, 0.1) is 0 Å². The molecule has 0 fully saturated rings. The van der Waals surface area contributed by atoms with Crippen LogP contribution < -0.4 is 5.32 Å². The highest BCUT2D eigenvalue weighted by atomic mass is 32.2. The lowest BCUT2D eigenvalue weighted by Crippen LogP contribution is -2.15. The van der Waals surface area contributed by atoms with Gasteiger partial charge in [0.15, 0.2) is 20.8 Å². The van der Waals surface area contributed by atoms with E-state index in [4.69, 9.17) is 0 Å². The van der Waals surface area contributed by atoms with E-state index in [0.717, 1.165) is 0 Å². The highest BCUT2D eigenvalue weighted by molar-refractivity contribution is 7.99. The number of nitrogens with zero attached hydrogens (tertiary/aromatic N) is 3. The van der Waals surface area contributed by atoms with Gasteiger partial charge in [0.1, 0.15) is 11.6 Å². The number of benzene rings is 2. The van der Waals surface area contributed by atoms with Gasteiger partial charge >= 0.3 is 0 Å². The van der Waals surface area contributed by atoms with E-state index >= 15 is 0 Å². The Morgan fingerprint density at radius 2 is 1.81 bits per heavy atom. The van der Waals surface area contributed by atoms with Crippen molar-refractivity contribution in [3.05, 3.63) is 66.0 Å². The fraction of sp³-hybridized carbons (Fsp3) is 0.238. The van der Waals surface area contributed by atoms with Gasteiger partial charge in [-0.1, -0.05) is 42.1 Å². The number of carbonyl (C=O) groups is 2. The molecule has 10 heteroatoms. The van der Waals surface area contributed by atoms with Crippen LogP contribution in [0.4, 0.5) is 5.69 Å². The van der Waals surface area contributed by atoms with Crippen LogP contribution in [0.2, 0.25) is 0 Å². The summed E-state index contributed by atoms with van der Waals surface area (Å²) in [6.45, 7) is 3.79. The molecule has 0 aliphatic heterocycles. The average molecular weight is 459 g/mol. The molecule has 0 bridgehead atoms. The minimum absolute atomic E-state index is 0.0634. The number of ketones is 1. The summed E-state index contributed by atoms with van der Waals surface area (Å²) >= 11 is 1.17. The zero-order chi connectivity index (χ0) is 22.4. The number of hydrogen-bond donors (Lipinski definition) is 1. The Bertz CT molecular complexity index is 1190. The van der Waals surface area contributed by atoms with Crippen LogP contribution in [0.3, 0.4) is 0 Å². The van der Waals surface area contributed by atoms with Crippen molar-refractivity contribution in [2.75, 3.05) is 11.1 Å². The molecule has 1 amide bonds. The van der Waals surface area contributed by atoms with Gasteiger partial charge in [0, 0.05) is 17.8 Å². The lowest BCUT2D eigenvalue weighted by molar-refractivity contribution is -0.113. The number of amides is 1. The van der Waals surface area contributed by atoms with E-state index in [-0.39, 0.29) is 28.1 Å². The molecule has 0 saturated heterocycles. The Morgan fingerprint density at radius 3 is 2.48 bits per heavy atom. The molecule has 8 nitrogen and oxygen atoms in total. The maximum atomic E-state index is 12.6. The van der Waals surface area contributed by atoms with Crippen LogP contribution in [0.1, 0.15) is 30.0 Å². The number of thioether (sulfide) groups is 1. The summed E-state index contributed by atoms with van der Waals surface area (Å²) in [5.74, 6) is -0.242. The number of sulfone groups is 1. The maximum Gasteiger partial charge on any atom is 0.234 e. The number of nitrogens with one attached hydrogen (secondary N) is 1. The molecule has 3 aromatic rings. The second-order valence-electron chi connectivity index (χ2n) is 6.69. The molecule has 1 aromatic heterocycles. The van der Waals surface area contributed by atoms with Crippen LogP contribution in [0.5, 0.6) is 0 Å². The van der Waals surface area contributed by atoms with E-state index in [1.54, 1.807) is 59.2 Å². The molecule has 1 heterocycles. The third kappa shape index (κ3) is 5.80. The van der Waals surface area contributed by atoms with E-state index in [0.29, 0.717) is 28.8 Å². The minimum Gasteiger partial charge on any atom is -0.325 e. The molecule has 0 aliphatic carbocycles. The molecule has 3 rings (SSSR count). The lowest BCUT2D eigenvalue weighted by Gasteiger charge is -2.09. The van der Waals surface area contributed by atoms with Crippen LogP contribution in [-0.2, 0) is 26.9 Å². The first-order valence-electron chi connectivity index (χ1n) is 9.53. The normalized spacial score (nSPS) is 11.3. The molecule has 0 aliphatic rings. The summed E-state index contributed by atoms with van der Waals surface area (Å²) < 4.78 is 27.0. The Labute approximate surface area is 185 Å². The van der Waals surface area contributed by atoms with Gasteiger partial charge in [-0.3, -0.25) is 9.59 Å². The molecule has 162 valence electrons. The summed E-state index contributed by atoms with van der Waals surface area (Å²) in [7, 11) is -3.56. The topological polar surface area (TPSA) is 111 Å². The summed E-state index contributed by atoms with van der Waals surface area (Å²) in [6.07, 6.45) is 0. The monoisotopic (exact) mass is 458 g/mol. The first-order valence-corrected chi connectivity index (χ1v) is 12.2. The quantitative estimate of drug-likeness (QED) is 0.387. The fourth-order valence-electron chi connectivity index (χ4n) is 2.87. The van der Waals surface area contributed by atoms with Crippen LogP contribution >= 0.6 is 11.8 Å². The van der Waals surface area contributed by atoms with Crippen molar-refractivity contribution in [3.63, 3.8) is 0 Å². The predicted octanol–water partition coefficient (Wildman–Crippen LogP) is 3.21. The molecular weight excluding hydrogens is 436 g/mol. The second kappa shape index (κ2) is 9.88. The van der Waals surface area contributed by atoms with E-state index < -0.39 is 9.84 Å². The zero-order valence-electron chi connectivity index (χ0n) is 17.1. The lowest BCUT2D eigenvalue weighted by atomic mass is 10.1. The van der Waals surface area contributed by atoms with E-state index in [1.165, 1.54) is 18.7 Å². The van der Waals surface area contributed by atoms with Crippen molar-refractivity contribution in [3.8, 4) is 0 Å². The molecular formula is C21H22N4O4S2. The molecule has 2 aromatic carbocycles. The molecule has 0 saturated carbocycles. The van der Waals surface area contributed by atoms with Crippen molar-refractivity contribution >= 4 is 39.0 Å². The number of Topliss-reactive ketones (excluding diaryl/α,β-unsaturated/α-hetero) is 1. The van der Waals surface area contributed by atoms with E-state index in [2.05, 4.69) is 15.5 Å². The number of hydrogen-bond acceptors (Lipinski definition) is 7. The van der Waals surface area contributed by atoms with Gasteiger partial charge in [0.2, 0.25) is 5.91 Å². The van der Waals surface area contributed by atoms with Gasteiger partial charge in [-0.15, -0.1) is 10.2 Å². The molecule has 0 atom stereocenters. The minimum atomic E-state index is -3.56. The summed E-state index contributed by atoms with van der Waals surface area (Å²) in [5.41, 5.74) is 1.05. The standard InChI is InChI=1S/C21H22N4O4S2/c1-3-25-19(14-31(28,29)18-10-5-4-6-11-18)23-24-21(25)30-13-20(27)22-17-9-7-8-16(12-17)15(2)26/h4-12H,3,13-14H2,1-2H3,(H,22,27). The molecule has 1 N–H and O–H groups in total. The number of aromatic nitrogens is 3. The smallest absolute Gasteiger partial charge is 0.234 e. The summed E-state index contributed by atoms with van der Waals surface area (Å²) in [5, 5.41) is 11.3. The molecule has 0 unspecified atom stereocenters. The average Bonchev–Trinajstić information content (AvgIpc) is 3.13. The second-order valence-corrected chi connectivity index (χ2v) is 9.62. The van der Waals surface area contributed by atoms with Crippen molar-refractivity contribution in [2.24, 2.45) is 0 Å². The van der Waals surface area contributed by atoms with Crippen LogP contribution in [0.25, 0.3) is 0 Å². The first-order chi connectivity index (χ1) is 14.8. The van der Waals surface area contributed by atoms with Crippen molar-refractivity contribution in [1.29, 1.82) is 0 Å². The molecule has 31 heavy (non-hydrogen) atoms. The van der Waals surface area contributed by atoms with Crippen LogP contribution in [-0.4, -0.2) is 40.6 Å². The third-order valence-corrected chi connectivity index (χ3v) is 7.01.